The Morgan fingerprint density at radius 2 is 1.78 bits per heavy atom. The minimum atomic E-state index is -0.413. The molecular formula is C29H45N3O4. The van der Waals surface area contributed by atoms with E-state index >= 15 is 0 Å². The molecule has 2 aliphatic heterocycles. The molecule has 2 amide bonds. The zero-order valence-electron chi connectivity index (χ0n) is 22.0. The van der Waals surface area contributed by atoms with Gasteiger partial charge in [0.2, 0.25) is 5.91 Å². The van der Waals surface area contributed by atoms with Crippen molar-refractivity contribution in [1.29, 1.82) is 0 Å². The number of benzene rings is 1. The first-order valence-electron chi connectivity index (χ1n) is 13.9. The lowest BCUT2D eigenvalue weighted by molar-refractivity contribution is -0.134. The highest BCUT2D eigenvalue weighted by Gasteiger charge is 2.32. The average molecular weight is 500 g/mol. The summed E-state index contributed by atoms with van der Waals surface area (Å²) in [6.45, 7) is 8.75. The fourth-order valence-corrected chi connectivity index (χ4v) is 5.93. The Morgan fingerprint density at radius 3 is 2.50 bits per heavy atom. The highest BCUT2D eigenvalue weighted by Crippen LogP contribution is 2.30. The summed E-state index contributed by atoms with van der Waals surface area (Å²) in [5.74, 6) is 0.479. The van der Waals surface area contributed by atoms with E-state index in [2.05, 4.69) is 16.3 Å². The summed E-state index contributed by atoms with van der Waals surface area (Å²) in [6, 6.07) is 7.38. The quantitative estimate of drug-likeness (QED) is 0.587. The molecule has 0 spiro atoms. The standard InChI is InChI=1S/C29H43N3O4.H2/c1-21(2)28(34)27(22-8-4-3-5-9-22)30-29(35)24-11-6-10-23(18-24)25-12-7-13-32(19-25)26(33)20-31-14-16-36-17-15-31;/h6,10-11,18,21-22,25,27H,3-5,7-9,12-17,19-20H2,1-2H3,(H,30,35);1H/t25?,27-;/m1./s1. The normalized spacial score (nSPS) is 22.9. The molecule has 1 aliphatic carbocycles. The zero-order chi connectivity index (χ0) is 25.5. The third kappa shape index (κ3) is 6.94. The monoisotopic (exact) mass is 499 g/mol. The Hall–Kier alpha value is -2.25. The number of ether oxygens (including phenoxy) is 1. The average Bonchev–Trinajstić information content (AvgIpc) is 2.92. The van der Waals surface area contributed by atoms with Crippen LogP contribution in [0.25, 0.3) is 0 Å². The van der Waals surface area contributed by atoms with Crippen LogP contribution in [0.1, 0.15) is 82.1 Å². The number of morpholine rings is 1. The molecule has 2 atom stereocenters. The lowest BCUT2D eigenvalue weighted by atomic mass is 9.80. The number of likely N-dealkylation sites (tertiary alicyclic amines) is 1. The van der Waals surface area contributed by atoms with Gasteiger partial charge in [0.1, 0.15) is 0 Å². The van der Waals surface area contributed by atoms with E-state index in [9.17, 15) is 14.4 Å². The summed E-state index contributed by atoms with van der Waals surface area (Å²) in [4.78, 5) is 43.4. The van der Waals surface area contributed by atoms with Gasteiger partial charge in [-0.25, -0.2) is 0 Å². The Bertz CT molecular complexity index is 912. The van der Waals surface area contributed by atoms with Crippen LogP contribution in [0, 0.1) is 11.8 Å². The van der Waals surface area contributed by atoms with Crippen LogP contribution in [0.3, 0.4) is 0 Å². The number of nitrogens with one attached hydrogen (secondary N) is 1. The van der Waals surface area contributed by atoms with Gasteiger partial charge in [0.05, 0.1) is 25.8 Å². The first kappa shape index (κ1) is 26.8. The molecule has 3 aliphatic rings. The molecule has 1 aromatic carbocycles. The highest BCUT2D eigenvalue weighted by atomic mass is 16.5. The number of piperidine rings is 1. The van der Waals surface area contributed by atoms with Crippen molar-refractivity contribution in [2.45, 2.75) is 70.8 Å². The van der Waals surface area contributed by atoms with Gasteiger partial charge in [-0.1, -0.05) is 45.2 Å². The number of rotatable bonds is 8. The lowest BCUT2D eigenvalue weighted by Crippen LogP contribution is -2.48. The van der Waals surface area contributed by atoms with E-state index in [4.69, 9.17) is 4.74 Å². The second-order valence-corrected chi connectivity index (χ2v) is 11.1. The van der Waals surface area contributed by atoms with Crippen LogP contribution in [0.15, 0.2) is 24.3 Å². The maximum absolute atomic E-state index is 13.3. The molecule has 1 saturated carbocycles. The number of carbonyl (C=O) groups excluding carboxylic acids is 3. The smallest absolute Gasteiger partial charge is 0.251 e. The van der Waals surface area contributed by atoms with Crippen molar-refractivity contribution in [2.75, 3.05) is 45.9 Å². The molecular weight excluding hydrogens is 454 g/mol. The maximum Gasteiger partial charge on any atom is 0.251 e. The Balaban J connectivity index is 0.00000380. The summed E-state index contributed by atoms with van der Waals surface area (Å²) in [5.41, 5.74) is 1.69. The van der Waals surface area contributed by atoms with Gasteiger partial charge in [-0.15, -0.1) is 0 Å². The van der Waals surface area contributed by atoms with Crippen LogP contribution in [0.5, 0.6) is 0 Å². The Morgan fingerprint density at radius 1 is 1.03 bits per heavy atom. The zero-order valence-corrected chi connectivity index (χ0v) is 22.0. The minimum Gasteiger partial charge on any atom is -0.379 e. The molecule has 4 rings (SSSR count). The maximum atomic E-state index is 13.3. The third-order valence-corrected chi connectivity index (χ3v) is 8.14. The molecule has 36 heavy (non-hydrogen) atoms. The van der Waals surface area contributed by atoms with E-state index in [0.29, 0.717) is 31.9 Å². The second kappa shape index (κ2) is 12.8. The van der Waals surface area contributed by atoms with Crippen LogP contribution in [-0.4, -0.2) is 79.4 Å². The van der Waals surface area contributed by atoms with E-state index in [1.54, 1.807) is 0 Å². The molecule has 1 N–H and O–H groups in total. The highest BCUT2D eigenvalue weighted by molar-refractivity contribution is 5.98. The van der Waals surface area contributed by atoms with E-state index in [1.807, 2.05) is 36.9 Å². The third-order valence-electron chi connectivity index (χ3n) is 8.14. The molecule has 2 saturated heterocycles. The van der Waals surface area contributed by atoms with Crippen molar-refractivity contribution in [1.82, 2.24) is 15.1 Å². The summed E-state index contributed by atoms with van der Waals surface area (Å²) < 4.78 is 5.40. The summed E-state index contributed by atoms with van der Waals surface area (Å²) in [7, 11) is 0. The SMILES string of the molecule is CC(C)C(=O)[C@H](NC(=O)c1cccc(C2CCCN(C(=O)CN3CCOCC3)C2)c1)C1CCCCC1.[HH]. The van der Waals surface area contributed by atoms with Gasteiger partial charge in [0.25, 0.3) is 5.91 Å². The molecule has 1 unspecified atom stereocenters. The van der Waals surface area contributed by atoms with Crippen molar-refractivity contribution in [2.24, 2.45) is 11.8 Å². The number of hydrogen-bond acceptors (Lipinski definition) is 5. The topological polar surface area (TPSA) is 79.0 Å². The summed E-state index contributed by atoms with van der Waals surface area (Å²) in [5, 5.41) is 3.12. The van der Waals surface area contributed by atoms with Crippen LogP contribution in [0.4, 0.5) is 0 Å². The summed E-state index contributed by atoms with van der Waals surface area (Å²) >= 11 is 0. The van der Waals surface area contributed by atoms with Crippen LogP contribution in [0.2, 0.25) is 0 Å². The van der Waals surface area contributed by atoms with E-state index in [-0.39, 0.29) is 36.8 Å². The molecule has 200 valence electrons. The number of amides is 2. The van der Waals surface area contributed by atoms with E-state index in [1.165, 1.54) is 6.42 Å². The fourth-order valence-electron chi connectivity index (χ4n) is 5.93. The Kier molecular flexibility index (Phi) is 9.54. The molecule has 7 heteroatoms. The molecule has 3 fully saturated rings. The number of ketones is 1. The van der Waals surface area contributed by atoms with Crippen LogP contribution >= 0.6 is 0 Å². The minimum absolute atomic E-state index is 0. The molecule has 0 radical (unpaired) electrons. The molecule has 1 aromatic rings. The molecule has 0 bridgehead atoms. The van der Waals surface area contributed by atoms with Crippen molar-refractivity contribution in [3.63, 3.8) is 0 Å². The van der Waals surface area contributed by atoms with Crippen molar-refractivity contribution in [3.8, 4) is 0 Å². The van der Waals surface area contributed by atoms with Gasteiger partial charge in [-0.2, -0.15) is 0 Å². The van der Waals surface area contributed by atoms with Crippen LogP contribution in [-0.2, 0) is 14.3 Å². The van der Waals surface area contributed by atoms with Gasteiger partial charge >= 0.3 is 0 Å². The second-order valence-electron chi connectivity index (χ2n) is 11.1. The van der Waals surface area contributed by atoms with E-state index < -0.39 is 6.04 Å². The Labute approximate surface area is 217 Å². The summed E-state index contributed by atoms with van der Waals surface area (Å²) in [6.07, 6.45) is 7.42. The number of hydrogen-bond donors (Lipinski definition) is 1. The number of nitrogens with zero attached hydrogens (tertiary/aromatic N) is 2. The molecule has 0 aromatic heterocycles. The number of carbonyl (C=O) groups is 3. The van der Waals surface area contributed by atoms with Crippen LogP contribution < -0.4 is 5.32 Å². The predicted octanol–water partition coefficient (Wildman–Crippen LogP) is 3.87. The van der Waals surface area contributed by atoms with Gasteiger partial charge in [-0.3, -0.25) is 19.3 Å². The van der Waals surface area contributed by atoms with Gasteiger partial charge in [0.15, 0.2) is 5.78 Å². The molecule has 7 nitrogen and oxygen atoms in total. The van der Waals surface area contributed by atoms with Crippen molar-refractivity contribution < 1.29 is 20.5 Å². The fraction of sp³-hybridized carbons (Fsp3) is 0.690. The first-order chi connectivity index (χ1) is 17.4. The van der Waals surface area contributed by atoms with Crippen molar-refractivity contribution in [3.05, 3.63) is 35.4 Å². The van der Waals surface area contributed by atoms with Gasteiger partial charge in [0, 0.05) is 45.0 Å². The lowest BCUT2D eigenvalue weighted by Gasteiger charge is -2.35. The van der Waals surface area contributed by atoms with Crippen molar-refractivity contribution >= 4 is 17.6 Å². The number of Topliss-reactive ketones (excluding diaryl/α,β-unsaturated/α-hetero) is 1. The first-order valence-corrected chi connectivity index (χ1v) is 13.9. The van der Waals surface area contributed by atoms with E-state index in [0.717, 1.165) is 63.7 Å². The molecule has 2 heterocycles. The van der Waals surface area contributed by atoms with Gasteiger partial charge < -0.3 is 15.0 Å². The van der Waals surface area contributed by atoms with Gasteiger partial charge in [-0.05, 0) is 49.3 Å². The largest absolute Gasteiger partial charge is 0.379 e. The predicted molar refractivity (Wildman–Crippen MR) is 142 cm³/mol.